The minimum absolute atomic E-state index is 0.437. The molecule has 28 heavy (non-hydrogen) atoms. The number of halogens is 1. The van der Waals surface area contributed by atoms with Crippen LogP contribution in [0.1, 0.15) is 18.9 Å². The lowest BCUT2D eigenvalue weighted by molar-refractivity contribution is 0.182. The van der Waals surface area contributed by atoms with Gasteiger partial charge >= 0.3 is 6.09 Å². The summed E-state index contributed by atoms with van der Waals surface area (Å²) < 4.78 is 4.62. The fourth-order valence-electron chi connectivity index (χ4n) is 2.10. The van der Waals surface area contributed by atoms with Gasteiger partial charge in [-0.25, -0.2) is 4.79 Å². The van der Waals surface area contributed by atoms with Crippen LogP contribution in [0.3, 0.4) is 0 Å². The van der Waals surface area contributed by atoms with Crippen molar-refractivity contribution in [3.63, 3.8) is 0 Å². The predicted molar refractivity (Wildman–Crippen MR) is 123 cm³/mol. The molecule has 0 radical (unpaired) electrons. The molecule has 5 nitrogen and oxygen atoms in total. The lowest BCUT2D eigenvalue weighted by Crippen LogP contribution is -2.10. The van der Waals surface area contributed by atoms with E-state index in [2.05, 4.69) is 27.0 Å². The average Bonchev–Trinajstić information content (AvgIpc) is 2.72. The number of amidine groups is 1. The molecule has 0 aliphatic rings. The number of benzene rings is 2. The van der Waals surface area contributed by atoms with E-state index in [1.54, 1.807) is 18.0 Å². The number of anilines is 1. The average molecular weight is 436 g/mol. The van der Waals surface area contributed by atoms with Crippen LogP contribution in [-0.2, 0) is 4.74 Å². The number of hydrogen-bond donors (Lipinski definition) is 1. The van der Waals surface area contributed by atoms with Gasteiger partial charge in [-0.2, -0.15) is 4.99 Å². The molecule has 2 rings (SSSR count). The van der Waals surface area contributed by atoms with Crippen molar-refractivity contribution in [3.05, 3.63) is 53.1 Å². The van der Waals surface area contributed by atoms with Gasteiger partial charge in [0.1, 0.15) is 0 Å². The summed E-state index contributed by atoms with van der Waals surface area (Å²) in [6.07, 6.45) is 4.04. The molecule has 0 atom stereocenters. The summed E-state index contributed by atoms with van der Waals surface area (Å²) in [7, 11) is 1.30. The molecule has 1 amide bonds. The van der Waals surface area contributed by atoms with E-state index in [4.69, 9.17) is 11.6 Å². The van der Waals surface area contributed by atoms with E-state index < -0.39 is 6.09 Å². The summed E-state index contributed by atoms with van der Waals surface area (Å²) >= 11 is 9.02. The Bertz CT molecular complexity index is 855. The molecule has 0 heterocycles. The summed E-state index contributed by atoms with van der Waals surface area (Å²) in [5.41, 5.74) is 2.44. The van der Waals surface area contributed by atoms with E-state index in [9.17, 15) is 4.79 Å². The van der Waals surface area contributed by atoms with E-state index in [-0.39, 0.29) is 0 Å². The van der Waals surface area contributed by atoms with Gasteiger partial charge in [-0.05, 0) is 54.3 Å². The minimum Gasteiger partial charge on any atom is -0.451 e. The van der Waals surface area contributed by atoms with E-state index in [1.165, 1.54) is 18.9 Å². The van der Waals surface area contributed by atoms with Crippen LogP contribution in [0.5, 0.6) is 0 Å². The summed E-state index contributed by atoms with van der Waals surface area (Å²) in [6.45, 7) is 2.14. The van der Waals surface area contributed by atoms with Crippen LogP contribution in [0, 0.1) is 0 Å². The fourth-order valence-corrected chi connectivity index (χ4v) is 3.41. The number of nitrogens with one attached hydrogen (secondary N) is 1. The highest BCUT2D eigenvalue weighted by atomic mass is 35.5. The van der Waals surface area contributed by atoms with Gasteiger partial charge < -0.3 is 10.1 Å². The van der Waals surface area contributed by atoms with Gasteiger partial charge in [0, 0.05) is 16.1 Å². The monoisotopic (exact) mass is 435 g/mol. The van der Waals surface area contributed by atoms with Gasteiger partial charge in [0.05, 0.1) is 18.5 Å². The van der Waals surface area contributed by atoms with Crippen molar-refractivity contribution in [2.24, 2.45) is 9.98 Å². The van der Waals surface area contributed by atoms with Crippen molar-refractivity contribution < 1.29 is 9.53 Å². The first kappa shape index (κ1) is 22.3. The first-order valence-corrected chi connectivity index (χ1v) is 11.2. The molecule has 0 fully saturated rings. The highest BCUT2D eigenvalue weighted by Gasteiger charge is 2.08. The largest absolute Gasteiger partial charge is 0.451 e. The van der Waals surface area contributed by atoms with Gasteiger partial charge in [0.15, 0.2) is 5.17 Å². The first-order valence-electron chi connectivity index (χ1n) is 8.59. The number of carbonyl (C=O) groups excluding carboxylic acids is 1. The van der Waals surface area contributed by atoms with Crippen molar-refractivity contribution >= 4 is 64.0 Å². The van der Waals surface area contributed by atoms with Crippen molar-refractivity contribution in [3.8, 4) is 0 Å². The maximum absolute atomic E-state index is 11.5. The van der Waals surface area contributed by atoms with Crippen LogP contribution < -0.4 is 5.32 Å². The third-order valence-electron chi connectivity index (χ3n) is 3.47. The van der Waals surface area contributed by atoms with E-state index in [0.717, 1.165) is 34.0 Å². The van der Waals surface area contributed by atoms with E-state index >= 15 is 0 Å². The molecule has 148 valence electrons. The van der Waals surface area contributed by atoms with E-state index in [1.807, 2.05) is 48.7 Å². The molecule has 0 bridgehead atoms. The second-order valence-electron chi connectivity index (χ2n) is 5.55. The normalized spacial score (nSPS) is 11.6. The lowest BCUT2D eigenvalue weighted by Gasteiger charge is -2.12. The highest BCUT2D eigenvalue weighted by Crippen LogP contribution is 2.31. The van der Waals surface area contributed by atoms with Crippen LogP contribution in [0.2, 0.25) is 5.02 Å². The quantitative estimate of drug-likeness (QED) is 0.319. The van der Waals surface area contributed by atoms with Crippen LogP contribution in [0.4, 0.5) is 16.2 Å². The lowest BCUT2D eigenvalue weighted by atomic mass is 10.2. The van der Waals surface area contributed by atoms with Crippen molar-refractivity contribution in [1.82, 2.24) is 0 Å². The second-order valence-corrected chi connectivity index (χ2v) is 7.95. The third-order valence-corrected chi connectivity index (χ3v) is 5.50. The van der Waals surface area contributed by atoms with Gasteiger partial charge in [0.25, 0.3) is 0 Å². The number of nitrogens with zero attached hydrogens (tertiary/aromatic N) is 2. The molecule has 0 aromatic heterocycles. The number of hydrogen-bond acceptors (Lipinski definition) is 5. The molecular weight excluding hydrogens is 414 g/mol. The molecule has 1 N–H and O–H groups in total. The smallest absolute Gasteiger partial charge is 0.435 e. The van der Waals surface area contributed by atoms with Crippen LogP contribution in [-0.4, -0.2) is 36.6 Å². The molecular formula is C20H22ClN3O2S2. The maximum Gasteiger partial charge on any atom is 0.435 e. The second kappa shape index (κ2) is 11.8. The Kier molecular flexibility index (Phi) is 9.40. The maximum atomic E-state index is 11.5. The van der Waals surface area contributed by atoms with Crippen LogP contribution >= 0.6 is 35.1 Å². The Hall–Kier alpha value is -1.96. The topological polar surface area (TPSA) is 63.0 Å². The van der Waals surface area contributed by atoms with E-state index in [0.29, 0.717) is 10.2 Å². The zero-order valence-electron chi connectivity index (χ0n) is 15.9. The molecule has 2 aromatic carbocycles. The fraction of sp³-hybridized carbons (Fsp3) is 0.250. The summed E-state index contributed by atoms with van der Waals surface area (Å²) in [5.74, 6) is 1.03. The number of amides is 1. The Balaban J connectivity index is 2.33. The number of ether oxygens (including phenoxy) is 1. The Labute approximate surface area is 179 Å². The molecule has 0 aliphatic heterocycles. The molecule has 0 saturated carbocycles. The Morgan fingerprint density at radius 1 is 1.25 bits per heavy atom. The SMILES string of the molecule is CCCSc1ccc(/N=C/c2ccc(Cl)cc2)c(N/C(=N/C(=O)OC)SC)c1. The molecule has 0 saturated heterocycles. The molecule has 0 aliphatic carbocycles. The van der Waals surface area contributed by atoms with Crippen molar-refractivity contribution in [1.29, 1.82) is 0 Å². The molecule has 2 aromatic rings. The summed E-state index contributed by atoms with van der Waals surface area (Å²) in [4.78, 5) is 21.1. The van der Waals surface area contributed by atoms with Crippen molar-refractivity contribution in [2.75, 3.05) is 24.4 Å². The van der Waals surface area contributed by atoms with Gasteiger partial charge in [-0.1, -0.05) is 42.4 Å². The predicted octanol–water partition coefficient (Wildman–Crippen LogP) is 6.49. The number of carbonyl (C=O) groups is 1. The van der Waals surface area contributed by atoms with Crippen molar-refractivity contribution in [2.45, 2.75) is 18.2 Å². The van der Waals surface area contributed by atoms with Gasteiger partial charge in [-0.15, -0.1) is 11.8 Å². The minimum atomic E-state index is -0.653. The summed E-state index contributed by atoms with van der Waals surface area (Å²) in [5, 5.41) is 4.31. The van der Waals surface area contributed by atoms with Crippen LogP contribution in [0.15, 0.2) is 57.3 Å². The first-order chi connectivity index (χ1) is 13.5. The molecule has 0 spiro atoms. The number of aliphatic imine (C=N–C) groups is 2. The number of thioether (sulfide) groups is 2. The Morgan fingerprint density at radius 2 is 2.00 bits per heavy atom. The van der Waals surface area contributed by atoms with Crippen LogP contribution in [0.25, 0.3) is 0 Å². The summed E-state index contributed by atoms with van der Waals surface area (Å²) in [6, 6.07) is 13.4. The third kappa shape index (κ3) is 7.22. The zero-order chi connectivity index (χ0) is 20.4. The number of methoxy groups -OCH3 is 1. The van der Waals surface area contributed by atoms with Gasteiger partial charge in [-0.3, -0.25) is 4.99 Å². The van der Waals surface area contributed by atoms with Gasteiger partial charge in [0.2, 0.25) is 0 Å². The number of rotatable bonds is 6. The Morgan fingerprint density at radius 3 is 2.64 bits per heavy atom. The molecule has 8 heteroatoms. The zero-order valence-corrected chi connectivity index (χ0v) is 18.3. The highest BCUT2D eigenvalue weighted by molar-refractivity contribution is 8.13. The standard InChI is InChI=1S/C20H22ClN3O2S2/c1-4-11-28-16-9-10-17(22-13-14-5-7-15(21)8-6-14)18(12-16)23-19(27-3)24-20(25)26-2/h5-10,12-13H,4,11H2,1-3H3,(H,23,24,25)/b22-13+. The molecule has 0 unspecified atom stereocenters.